The molecule has 1 aliphatic heterocycles. The molecule has 1 unspecified atom stereocenters. The Morgan fingerprint density at radius 1 is 1.18 bits per heavy atom. The van der Waals surface area contributed by atoms with Gasteiger partial charge < -0.3 is 0 Å². The van der Waals surface area contributed by atoms with Gasteiger partial charge in [0.1, 0.15) is 0 Å². The molecule has 0 spiro atoms. The largest absolute Gasteiger partial charge is 0.283 e. The highest BCUT2D eigenvalue weighted by atomic mass is 31.0. The minimum atomic E-state index is 1.08. The lowest BCUT2D eigenvalue weighted by atomic mass is 10.0. The Hall–Kier alpha value is -0.390. The van der Waals surface area contributed by atoms with Crippen molar-refractivity contribution >= 4 is 9.39 Å². The number of hydrogen-bond donors (Lipinski definition) is 0. The second-order valence-corrected chi connectivity index (χ2v) is 3.72. The van der Waals surface area contributed by atoms with Crippen molar-refractivity contribution in [3.05, 3.63) is 35.4 Å². The Kier molecular flexibility index (Phi) is 1.93. The van der Waals surface area contributed by atoms with Gasteiger partial charge >= 0.3 is 0 Å². The van der Waals surface area contributed by atoms with Crippen molar-refractivity contribution < 1.29 is 0 Å². The van der Waals surface area contributed by atoms with Crippen molar-refractivity contribution in [3.8, 4) is 0 Å². The summed E-state index contributed by atoms with van der Waals surface area (Å²) >= 11 is 0. The number of rotatable bonds is 0. The fraction of sp³-hybridized carbons (Fsp3) is 0.333. The lowest BCUT2D eigenvalue weighted by Gasteiger charge is -2.24. The second kappa shape index (κ2) is 2.92. The summed E-state index contributed by atoms with van der Waals surface area (Å²) in [6.07, 6.45) is 1.19. The topological polar surface area (TPSA) is 3.24 Å². The third-order valence-corrected chi connectivity index (χ3v) is 2.60. The molecule has 1 aromatic rings. The molecule has 0 saturated carbocycles. The van der Waals surface area contributed by atoms with Gasteiger partial charge in [0.05, 0.1) is 0 Å². The minimum Gasteiger partial charge on any atom is -0.283 e. The first kappa shape index (κ1) is 7.27. The predicted molar refractivity (Wildman–Crippen MR) is 50.3 cm³/mol. The maximum Gasteiger partial charge on any atom is 0.0270 e. The van der Waals surface area contributed by atoms with E-state index in [9.17, 15) is 0 Å². The maximum atomic E-state index is 2.76. The Balaban J connectivity index is 2.34. The molecule has 58 valence electrons. The molecule has 2 rings (SSSR count). The molecule has 11 heavy (non-hydrogen) atoms. The van der Waals surface area contributed by atoms with E-state index in [0.29, 0.717) is 0 Å². The highest BCUT2D eigenvalue weighted by Gasteiger charge is 2.10. The number of fused-ring (bicyclic) bond motifs is 1. The molecule has 1 aromatic carbocycles. The molecule has 0 fully saturated rings. The van der Waals surface area contributed by atoms with Gasteiger partial charge in [-0.2, -0.15) is 0 Å². The van der Waals surface area contributed by atoms with Crippen LogP contribution in [0.1, 0.15) is 11.1 Å². The number of hydrogen-bond acceptors (Lipinski definition) is 1. The van der Waals surface area contributed by atoms with E-state index < -0.39 is 0 Å². The Labute approximate surface area is 69.7 Å². The molecule has 0 saturated heterocycles. The van der Waals surface area contributed by atoms with Gasteiger partial charge in [-0.05, 0) is 17.5 Å². The average molecular weight is 165 g/mol. The van der Waals surface area contributed by atoms with Crippen LogP contribution in [-0.2, 0) is 13.0 Å². The number of benzene rings is 1. The zero-order valence-corrected chi connectivity index (χ0v) is 7.61. The number of nitrogens with zero attached hydrogens (tertiary/aromatic N) is 1. The lowest BCUT2D eigenvalue weighted by molar-refractivity contribution is 0.443. The van der Waals surface area contributed by atoms with Crippen LogP contribution in [0.2, 0.25) is 0 Å². The van der Waals surface area contributed by atoms with Crippen LogP contribution in [0.3, 0.4) is 0 Å². The van der Waals surface area contributed by atoms with Gasteiger partial charge in [0.15, 0.2) is 0 Å². The van der Waals surface area contributed by atoms with E-state index in [0.717, 1.165) is 6.54 Å². The summed E-state index contributed by atoms with van der Waals surface area (Å²) in [6.45, 7) is 2.25. The van der Waals surface area contributed by atoms with Crippen molar-refractivity contribution in [1.82, 2.24) is 4.67 Å². The Morgan fingerprint density at radius 2 is 1.91 bits per heavy atom. The van der Waals surface area contributed by atoms with Crippen LogP contribution >= 0.6 is 9.39 Å². The molecular formula is C9H12NP. The molecular weight excluding hydrogens is 153 g/mol. The molecule has 0 aliphatic carbocycles. The minimum absolute atomic E-state index is 1.08. The van der Waals surface area contributed by atoms with Crippen molar-refractivity contribution in [3.63, 3.8) is 0 Å². The third kappa shape index (κ3) is 1.45. The first-order valence-electron chi connectivity index (χ1n) is 3.93. The highest BCUT2D eigenvalue weighted by molar-refractivity contribution is 7.13. The van der Waals surface area contributed by atoms with Gasteiger partial charge in [0.25, 0.3) is 0 Å². The average Bonchev–Trinajstić information content (AvgIpc) is 2.04. The monoisotopic (exact) mass is 165 g/mol. The predicted octanol–water partition coefficient (Wildman–Crippen LogP) is 1.83. The summed E-state index contributed by atoms with van der Waals surface area (Å²) in [4.78, 5) is 0. The summed E-state index contributed by atoms with van der Waals surface area (Å²) in [5.74, 6) is 0. The van der Waals surface area contributed by atoms with Crippen LogP contribution in [0, 0.1) is 0 Å². The van der Waals surface area contributed by atoms with Crippen molar-refractivity contribution in [1.29, 1.82) is 0 Å². The fourth-order valence-electron chi connectivity index (χ4n) is 1.52. The van der Waals surface area contributed by atoms with E-state index in [1.165, 1.54) is 24.1 Å². The molecule has 0 bridgehead atoms. The van der Waals surface area contributed by atoms with E-state index in [1.54, 1.807) is 0 Å². The van der Waals surface area contributed by atoms with Gasteiger partial charge in [0, 0.05) is 13.1 Å². The molecule has 2 heteroatoms. The molecule has 1 nitrogen and oxygen atoms in total. The summed E-state index contributed by atoms with van der Waals surface area (Å²) in [5.41, 5.74) is 3.00. The van der Waals surface area contributed by atoms with Crippen LogP contribution in [0.15, 0.2) is 24.3 Å². The highest BCUT2D eigenvalue weighted by Crippen LogP contribution is 2.20. The SMILES string of the molecule is PN1CCc2ccccc2C1. The standard InChI is InChI=1S/C9H12NP/c11-10-6-5-8-3-1-2-4-9(8)7-10/h1-4H,5-7,11H2. The first-order chi connectivity index (χ1) is 5.36. The molecule has 0 aromatic heterocycles. The van der Waals surface area contributed by atoms with E-state index in [4.69, 9.17) is 0 Å². The first-order valence-corrected chi connectivity index (χ1v) is 4.44. The Bertz CT molecular complexity index is 259. The van der Waals surface area contributed by atoms with E-state index >= 15 is 0 Å². The molecule has 1 aliphatic rings. The van der Waals surface area contributed by atoms with Gasteiger partial charge in [-0.1, -0.05) is 33.7 Å². The Morgan fingerprint density at radius 3 is 2.73 bits per heavy atom. The van der Waals surface area contributed by atoms with Crippen LogP contribution in [-0.4, -0.2) is 11.2 Å². The maximum absolute atomic E-state index is 2.76. The third-order valence-electron chi connectivity index (χ3n) is 2.16. The fourth-order valence-corrected chi connectivity index (χ4v) is 1.84. The van der Waals surface area contributed by atoms with Gasteiger partial charge in [-0.15, -0.1) is 0 Å². The lowest BCUT2D eigenvalue weighted by Crippen LogP contribution is -2.21. The van der Waals surface area contributed by atoms with Crippen LogP contribution in [0.5, 0.6) is 0 Å². The molecule has 0 N–H and O–H groups in total. The smallest absolute Gasteiger partial charge is 0.0270 e. The van der Waals surface area contributed by atoms with Gasteiger partial charge in [-0.3, -0.25) is 4.67 Å². The van der Waals surface area contributed by atoms with Crippen molar-refractivity contribution in [2.45, 2.75) is 13.0 Å². The van der Waals surface area contributed by atoms with Crippen LogP contribution in [0.4, 0.5) is 0 Å². The molecule has 1 atom stereocenters. The van der Waals surface area contributed by atoms with E-state index in [1.807, 2.05) is 0 Å². The molecule has 0 amide bonds. The molecule has 1 heterocycles. The van der Waals surface area contributed by atoms with E-state index in [2.05, 4.69) is 38.3 Å². The molecule has 0 radical (unpaired) electrons. The van der Waals surface area contributed by atoms with Gasteiger partial charge in [0.2, 0.25) is 0 Å². The summed E-state index contributed by atoms with van der Waals surface area (Å²) in [5, 5.41) is 0. The quantitative estimate of drug-likeness (QED) is 0.530. The van der Waals surface area contributed by atoms with Crippen molar-refractivity contribution in [2.75, 3.05) is 6.54 Å². The zero-order chi connectivity index (χ0) is 7.68. The van der Waals surface area contributed by atoms with Crippen LogP contribution in [0.25, 0.3) is 0 Å². The normalized spacial score (nSPS) is 17.9. The van der Waals surface area contributed by atoms with E-state index in [-0.39, 0.29) is 0 Å². The van der Waals surface area contributed by atoms with Gasteiger partial charge in [-0.25, -0.2) is 0 Å². The summed E-state index contributed by atoms with van der Waals surface area (Å²) < 4.78 is 2.28. The van der Waals surface area contributed by atoms with Crippen LogP contribution < -0.4 is 0 Å². The zero-order valence-electron chi connectivity index (χ0n) is 6.46. The summed E-state index contributed by atoms with van der Waals surface area (Å²) in [7, 11) is 2.76. The second-order valence-electron chi connectivity index (χ2n) is 2.99. The van der Waals surface area contributed by atoms with Crippen molar-refractivity contribution in [2.24, 2.45) is 0 Å². The summed E-state index contributed by atoms with van der Waals surface area (Å²) in [6, 6.07) is 8.68.